The van der Waals surface area contributed by atoms with E-state index in [0.29, 0.717) is 0 Å². The molecule has 0 amide bonds. The fourth-order valence-electron chi connectivity index (χ4n) is 6.69. The highest BCUT2D eigenvalue weighted by atomic mass is 15.1. The van der Waals surface area contributed by atoms with E-state index in [4.69, 9.17) is 0 Å². The first-order valence-electron chi connectivity index (χ1n) is 15.0. The van der Waals surface area contributed by atoms with Gasteiger partial charge in [-0.2, -0.15) is 4.57 Å². The summed E-state index contributed by atoms with van der Waals surface area (Å²) in [6.45, 7) is 0. The minimum absolute atomic E-state index is 1.06. The highest BCUT2D eigenvalue weighted by Gasteiger charge is 2.38. The van der Waals surface area contributed by atoms with E-state index in [1.807, 2.05) is 0 Å². The Morgan fingerprint density at radius 2 is 0.857 bits per heavy atom. The van der Waals surface area contributed by atoms with Gasteiger partial charge in [0.25, 0.3) is 0 Å². The van der Waals surface area contributed by atoms with Gasteiger partial charge in [0.05, 0.1) is 0 Å². The van der Waals surface area contributed by atoms with Gasteiger partial charge in [-0.25, -0.2) is 0 Å². The van der Waals surface area contributed by atoms with Gasteiger partial charge in [0, 0.05) is 87.2 Å². The standard InChI is InChI=1S/C38H43N4/c1-39(2)31-16-8-26(9-17-31)24-29-14-22-34-36(28-12-20-33(21-13-28)41(5)6)35-23-15-30(38(35)42(7)37(29)34)25-27-10-18-32(19-11-27)40(3)4/h8-13,16-21,24-25H,14-15,22-23H2,1-7H3/q+1. The number of anilines is 3. The average molecular weight is 556 g/mol. The van der Waals surface area contributed by atoms with Gasteiger partial charge >= 0.3 is 0 Å². The molecule has 2 aliphatic carbocycles. The fourth-order valence-corrected chi connectivity index (χ4v) is 6.69. The van der Waals surface area contributed by atoms with Crippen LogP contribution in [-0.2, 0) is 19.9 Å². The molecule has 0 bridgehead atoms. The van der Waals surface area contributed by atoms with Crippen LogP contribution in [0.5, 0.6) is 0 Å². The van der Waals surface area contributed by atoms with Crippen molar-refractivity contribution >= 4 is 40.4 Å². The zero-order valence-corrected chi connectivity index (χ0v) is 26.2. The number of hydrogen-bond donors (Lipinski definition) is 0. The van der Waals surface area contributed by atoms with Gasteiger partial charge < -0.3 is 14.7 Å². The van der Waals surface area contributed by atoms with E-state index in [1.54, 1.807) is 0 Å². The maximum atomic E-state index is 2.52. The molecule has 0 atom stereocenters. The Morgan fingerprint density at radius 3 is 1.21 bits per heavy atom. The molecule has 214 valence electrons. The molecule has 1 aromatic heterocycles. The number of aromatic nitrogens is 1. The number of benzene rings is 3. The molecular weight excluding hydrogens is 512 g/mol. The van der Waals surface area contributed by atoms with Gasteiger partial charge in [0.1, 0.15) is 7.05 Å². The molecule has 0 saturated carbocycles. The van der Waals surface area contributed by atoms with Crippen LogP contribution in [0.1, 0.15) is 46.5 Å². The summed E-state index contributed by atoms with van der Waals surface area (Å²) in [7, 11) is 14.9. The number of fused-ring (bicyclic) bond motifs is 2. The number of rotatable bonds is 6. The summed E-state index contributed by atoms with van der Waals surface area (Å²) in [5.74, 6) is 0. The maximum Gasteiger partial charge on any atom is 0.212 e. The van der Waals surface area contributed by atoms with Crippen molar-refractivity contribution in [1.82, 2.24) is 0 Å². The van der Waals surface area contributed by atoms with Gasteiger partial charge in [-0.1, -0.05) is 36.4 Å². The molecule has 42 heavy (non-hydrogen) atoms. The van der Waals surface area contributed by atoms with Crippen molar-refractivity contribution in [3.8, 4) is 11.1 Å². The summed E-state index contributed by atoms with van der Waals surface area (Å²) < 4.78 is 2.52. The van der Waals surface area contributed by atoms with E-state index in [9.17, 15) is 0 Å². The van der Waals surface area contributed by atoms with Crippen molar-refractivity contribution in [1.29, 1.82) is 0 Å². The second kappa shape index (κ2) is 11.2. The van der Waals surface area contributed by atoms with Crippen molar-refractivity contribution in [2.24, 2.45) is 7.05 Å². The molecule has 4 nitrogen and oxygen atoms in total. The Hall–Kier alpha value is -4.31. The highest BCUT2D eigenvalue weighted by Crippen LogP contribution is 2.45. The van der Waals surface area contributed by atoms with Crippen LogP contribution in [-0.4, -0.2) is 42.3 Å². The molecule has 0 radical (unpaired) electrons. The predicted molar refractivity (Wildman–Crippen MR) is 181 cm³/mol. The highest BCUT2D eigenvalue weighted by molar-refractivity contribution is 5.92. The van der Waals surface area contributed by atoms with Crippen LogP contribution in [0, 0.1) is 0 Å². The van der Waals surface area contributed by atoms with E-state index in [-0.39, 0.29) is 0 Å². The third-order valence-electron chi connectivity index (χ3n) is 8.92. The molecule has 1 heterocycles. The van der Waals surface area contributed by atoms with Gasteiger partial charge in [-0.05, 0) is 90.9 Å². The molecule has 4 aromatic rings. The van der Waals surface area contributed by atoms with Crippen LogP contribution in [0.4, 0.5) is 17.1 Å². The topological polar surface area (TPSA) is 13.6 Å². The quantitative estimate of drug-likeness (QED) is 0.231. The summed E-state index contributed by atoms with van der Waals surface area (Å²) in [4.78, 5) is 6.48. The summed E-state index contributed by atoms with van der Waals surface area (Å²) in [6.07, 6.45) is 9.11. The van der Waals surface area contributed by atoms with Crippen LogP contribution in [0.2, 0.25) is 0 Å². The predicted octanol–water partition coefficient (Wildman–Crippen LogP) is 7.35. The normalized spacial score (nSPS) is 15.7. The largest absolute Gasteiger partial charge is 0.378 e. The molecule has 0 N–H and O–H groups in total. The summed E-state index contributed by atoms with van der Waals surface area (Å²) >= 11 is 0. The van der Waals surface area contributed by atoms with E-state index in [1.165, 1.54) is 73.0 Å². The Kier molecular flexibility index (Phi) is 7.40. The number of allylic oxidation sites excluding steroid dienone is 2. The molecule has 0 aliphatic heterocycles. The molecule has 4 heteroatoms. The number of hydrogen-bond acceptors (Lipinski definition) is 3. The van der Waals surface area contributed by atoms with Gasteiger partial charge in [-0.15, -0.1) is 0 Å². The zero-order valence-electron chi connectivity index (χ0n) is 26.2. The molecule has 0 fully saturated rings. The molecule has 2 aliphatic rings. The third kappa shape index (κ3) is 5.11. The lowest BCUT2D eigenvalue weighted by Crippen LogP contribution is -2.38. The summed E-state index contributed by atoms with van der Waals surface area (Å²) in [5.41, 5.74) is 17.7. The third-order valence-corrected chi connectivity index (χ3v) is 8.92. The summed E-state index contributed by atoms with van der Waals surface area (Å²) in [5, 5.41) is 0. The second-order valence-electron chi connectivity index (χ2n) is 12.3. The first kappa shape index (κ1) is 27.8. The Balaban J connectivity index is 1.51. The van der Waals surface area contributed by atoms with Gasteiger partial charge in [0.2, 0.25) is 11.4 Å². The van der Waals surface area contributed by atoms with Crippen LogP contribution < -0.4 is 19.3 Å². The SMILES string of the molecule is CN(C)c1ccc(/C=C2\CCc3c(-c4ccc(N(C)C)cc4)c4c([n+](C)c32)/C(=C/c2ccc(N(C)C)cc2)CC4)cc1. The smallest absolute Gasteiger partial charge is 0.212 e. The minimum atomic E-state index is 1.06. The Morgan fingerprint density at radius 1 is 0.500 bits per heavy atom. The van der Waals surface area contributed by atoms with Crippen molar-refractivity contribution in [3.05, 3.63) is 106 Å². The van der Waals surface area contributed by atoms with Crippen molar-refractivity contribution in [2.75, 3.05) is 57.0 Å². The molecule has 6 rings (SSSR count). The van der Waals surface area contributed by atoms with E-state index < -0.39 is 0 Å². The minimum Gasteiger partial charge on any atom is -0.378 e. The van der Waals surface area contributed by atoms with Crippen LogP contribution in [0.15, 0.2) is 72.8 Å². The van der Waals surface area contributed by atoms with Crippen molar-refractivity contribution in [3.63, 3.8) is 0 Å². The number of pyridine rings is 1. The first-order chi connectivity index (χ1) is 20.2. The van der Waals surface area contributed by atoms with E-state index in [2.05, 4.69) is 154 Å². The monoisotopic (exact) mass is 555 g/mol. The molecule has 3 aromatic carbocycles. The van der Waals surface area contributed by atoms with Gasteiger partial charge in [0.15, 0.2) is 0 Å². The zero-order chi connectivity index (χ0) is 29.5. The van der Waals surface area contributed by atoms with Crippen LogP contribution in [0.25, 0.3) is 34.4 Å². The van der Waals surface area contributed by atoms with Crippen molar-refractivity contribution in [2.45, 2.75) is 25.7 Å². The van der Waals surface area contributed by atoms with E-state index >= 15 is 0 Å². The Labute approximate surface area is 251 Å². The van der Waals surface area contributed by atoms with Crippen LogP contribution in [0.3, 0.4) is 0 Å². The molecular formula is C38H43N4+. The number of nitrogens with zero attached hydrogens (tertiary/aromatic N) is 4. The lowest BCUT2D eigenvalue weighted by atomic mass is 9.92. The molecule has 0 unspecified atom stereocenters. The fraction of sp³-hybridized carbons (Fsp3) is 0.289. The first-order valence-corrected chi connectivity index (χ1v) is 15.0. The maximum absolute atomic E-state index is 2.52. The lowest BCUT2D eigenvalue weighted by Gasteiger charge is -2.16. The molecule has 0 saturated heterocycles. The summed E-state index contributed by atoms with van der Waals surface area (Å²) in [6, 6.07) is 27.0. The molecule has 0 spiro atoms. The average Bonchev–Trinajstić information content (AvgIpc) is 3.59. The van der Waals surface area contributed by atoms with Gasteiger partial charge in [-0.3, -0.25) is 0 Å². The lowest BCUT2D eigenvalue weighted by molar-refractivity contribution is -0.676. The van der Waals surface area contributed by atoms with Crippen LogP contribution >= 0.6 is 0 Å². The van der Waals surface area contributed by atoms with E-state index in [0.717, 1.165) is 25.7 Å². The van der Waals surface area contributed by atoms with Crippen molar-refractivity contribution < 1.29 is 4.57 Å². The second-order valence-corrected chi connectivity index (χ2v) is 12.3. The Bertz CT molecular complexity index is 1570.